The van der Waals surface area contributed by atoms with Gasteiger partial charge in [-0.1, -0.05) is 6.07 Å². The van der Waals surface area contributed by atoms with Gasteiger partial charge in [0.2, 0.25) is 0 Å². The molecule has 0 radical (unpaired) electrons. The molecule has 2 heterocycles. The van der Waals surface area contributed by atoms with Crippen LogP contribution in [0.2, 0.25) is 0 Å². The van der Waals surface area contributed by atoms with E-state index >= 15 is 0 Å². The minimum Gasteiger partial charge on any atom is -0.327 e. The molecule has 6 nitrogen and oxygen atoms in total. The van der Waals surface area contributed by atoms with Gasteiger partial charge in [0.1, 0.15) is 5.69 Å². The molecule has 0 bridgehead atoms. The Morgan fingerprint density at radius 3 is 2.71 bits per heavy atom. The van der Waals surface area contributed by atoms with Crippen molar-refractivity contribution in [1.29, 1.82) is 0 Å². The summed E-state index contributed by atoms with van der Waals surface area (Å²) in [6, 6.07) is 11.1. The van der Waals surface area contributed by atoms with Crippen LogP contribution in [0.1, 0.15) is 0 Å². The number of pyridine rings is 2. The summed E-state index contributed by atoms with van der Waals surface area (Å²) >= 11 is 0. The van der Waals surface area contributed by atoms with E-state index < -0.39 is 15.6 Å². The fourth-order valence-corrected chi connectivity index (χ4v) is 3.29. The quantitative estimate of drug-likeness (QED) is 0.770. The third-order valence-corrected chi connectivity index (χ3v) is 4.38. The van der Waals surface area contributed by atoms with Crippen molar-refractivity contribution < 1.29 is 8.42 Å². The van der Waals surface area contributed by atoms with E-state index in [1.165, 1.54) is 18.3 Å². The van der Waals surface area contributed by atoms with Gasteiger partial charge in [-0.15, -0.1) is 0 Å². The van der Waals surface area contributed by atoms with Crippen LogP contribution in [0.5, 0.6) is 0 Å². The third-order valence-electron chi connectivity index (χ3n) is 2.96. The average Bonchev–Trinajstić information content (AvgIpc) is 2.49. The lowest BCUT2D eigenvalue weighted by atomic mass is 10.2. The van der Waals surface area contributed by atoms with Crippen molar-refractivity contribution in [2.45, 2.75) is 4.90 Å². The summed E-state index contributed by atoms with van der Waals surface area (Å²) in [7, 11) is -3.87. The summed E-state index contributed by atoms with van der Waals surface area (Å²) < 4.78 is 27.2. The molecular weight excluding hydrogens is 290 g/mol. The molecule has 0 aliphatic carbocycles. The summed E-state index contributed by atoms with van der Waals surface area (Å²) in [5, 5.41) is 0.500. The maximum absolute atomic E-state index is 12.5. The molecule has 21 heavy (non-hydrogen) atoms. The molecule has 0 aliphatic rings. The van der Waals surface area contributed by atoms with E-state index in [1.54, 1.807) is 36.5 Å². The number of sulfonamides is 1. The maximum atomic E-state index is 12.5. The Balaban J connectivity index is 2.13. The van der Waals surface area contributed by atoms with E-state index in [9.17, 15) is 13.2 Å². The Kier molecular flexibility index (Phi) is 3.19. The number of rotatable bonds is 3. The lowest BCUT2D eigenvalue weighted by Crippen LogP contribution is -2.20. The topological polar surface area (TPSA) is 91.9 Å². The number of hydrogen-bond acceptors (Lipinski definition) is 4. The van der Waals surface area contributed by atoms with Gasteiger partial charge in [-0.25, -0.2) is 8.42 Å². The first-order valence-corrected chi connectivity index (χ1v) is 7.60. The van der Waals surface area contributed by atoms with Crippen LogP contribution < -0.4 is 10.3 Å². The smallest absolute Gasteiger partial charge is 0.272 e. The summed E-state index contributed by atoms with van der Waals surface area (Å²) in [5.41, 5.74) is 0.0418. The highest BCUT2D eigenvalue weighted by atomic mass is 32.2. The molecule has 3 aromatic rings. The maximum Gasteiger partial charge on any atom is 0.272 e. The highest BCUT2D eigenvalue weighted by molar-refractivity contribution is 7.93. The van der Waals surface area contributed by atoms with Gasteiger partial charge in [-0.2, -0.15) is 0 Å². The SMILES string of the molecule is O=c1[nH]cccc1NS(=O)(=O)c1cccc2ncccc12. The highest BCUT2D eigenvalue weighted by Crippen LogP contribution is 2.22. The highest BCUT2D eigenvalue weighted by Gasteiger charge is 2.18. The third kappa shape index (κ3) is 2.50. The van der Waals surface area contributed by atoms with Crippen LogP contribution >= 0.6 is 0 Å². The minimum atomic E-state index is -3.87. The monoisotopic (exact) mass is 301 g/mol. The number of nitrogens with one attached hydrogen (secondary N) is 2. The van der Waals surface area contributed by atoms with Gasteiger partial charge in [0.25, 0.3) is 15.6 Å². The number of fused-ring (bicyclic) bond motifs is 1. The number of benzene rings is 1. The standard InChI is InChI=1S/C14H11N3O3S/c18-14-12(6-3-9-16-14)17-21(19,20)13-7-1-5-11-10(13)4-2-8-15-11/h1-9,17H,(H,16,18). The van der Waals surface area contributed by atoms with Crippen molar-refractivity contribution in [2.24, 2.45) is 0 Å². The zero-order valence-electron chi connectivity index (χ0n) is 10.8. The van der Waals surface area contributed by atoms with Crippen LogP contribution in [0, 0.1) is 0 Å². The Morgan fingerprint density at radius 2 is 1.90 bits per heavy atom. The predicted molar refractivity (Wildman–Crippen MR) is 79.6 cm³/mol. The molecule has 0 amide bonds. The largest absolute Gasteiger partial charge is 0.327 e. The first kappa shape index (κ1) is 13.3. The first-order chi connectivity index (χ1) is 10.1. The Hall–Kier alpha value is -2.67. The van der Waals surface area contributed by atoms with Gasteiger partial charge in [0, 0.05) is 17.8 Å². The second-order valence-electron chi connectivity index (χ2n) is 4.34. The fraction of sp³-hybridized carbons (Fsp3) is 0. The van der Waals surface area contributed by atoms with Gasteiger partial charge in [-0.3, -0.25) is 14.5 Å². The van der Waals surface area contributed by atoms with Crippen LogP contribution in [0.3, 0.4) is 0 Å². The molecule has 7 heteroatoms. The molecule has 3 rings (SSSR count). The fourth-order valence-electron chi connectivity index (χ4n) is 2.01. The van der Waals surface area contributed by atoms with E-state index in [4.69, 9.17) is 0 Å². The van der Waals surface area contributed by atoms with Crippen LogP contribution in [0.4, 0.5) is 5.69 Å². The van der Waals surface area contributed by atoms with E-state index in [0.29, 0.717) is 10.9 Å². The van der Waals surface area contributed by atoms with E-state index in [1.807, 2.05) is 0 Å². The van der Waals surface area contributed by atoms with Gasteiger partial charge in [0.05, 0.1) is 10.4 Å². The van der Waals surface area contributed by atoms with Gasteiger partial charge >= 0.3 is 0 Å². The van der Waals surface area contributed by atoms with Crippen LogP contribution in [0.25, 0.3) is 10.9 Å². The lowest BCUT2D eigenvalue weighted by molar-refractivity contribution is 0.602. The normalized spacial score (nSPS) is 11.4. The van der Waals surface area contributed by atoms with Crippen molar-refractivity contribution >= 4 is 26.6 Å². The molecule has 0 atom stereocenters. The lowest BCUT2D eigenvalue weighted by Gasteiger charge is -2.09. The number of aromatic nitrogens is 2. The van der Waals surface area contributed by atoms with Crippen molar-refractivity contribution in [3.8, 4) is 0 Å². The van der Waals surface area contributed by atoms with Crippen LogP contribution in [-0.4, -0.2) is 18.4 Å². The van der Waals surface area contributed by atoms with E-state index in [-0.39, 0.29) is 10.6 Å². The summed E-state index contributed by atoms with van der Waals surface area (Å²) in [6.45, 7) is 0. The van der Waals surface area contributed by atoms with E-state index in [2.05, 4.69) is 14.7 Å². The van der Waals surface area contributed by atoms with Gasteiger partial charge in [-0.05, 0) is 36.4 Å². The predicted octanol–water partition coefficient (Wildman–Crippen LogP) is 1.72. The zero-order chi connectivity index (χ0) is 14.9. The second kappa shape index (κ2) is 5.02. The Morgan fingerprint density at radius 1 is 1.05 bits per heavy atom. The molecule has 0 spiro atoms. The van der Waals surface area contributed by atoms with E-state index in [0.717, 1.165) is 0 Å². The number of nitrogens with zero attached hydrogens (tertiary/aromatic N) is 1. The second-order valence-corrected chi connectivity index (χ2v) is 6.00. The molecule has 1 aromatic carbocycles. The minimum absolute atomic E-state index is 0.0293. The van der Waals surface area contributed by atoms with Crippen molar-refractivity contribution in [3.63, 3.8) is 0 Å². The summed E-state index contributed by atoms with van der Waals surface area (Å²) in [5.74, 6) is 0. The number of anilines is 1. The summed E-state index contributed by atoms with van der Waals surface area (Å²) in [6.07, 6.45) is 3.02. The molecule has 0 saturated carbocycles. The van der Waals surface area contributed by atoms with Crippen molar-refractivity contribution in [1.82, 2.24) is 9.97 Å². The first-order valence-electron chi connectivity index (χ1n) is 6.12. The van der Waals surface area contributed by atoms with Crippen LogP contribution in [0.15, 0.2) is 64.5 Å². The molecule has 0 saturated heterocycles. The Labute approximate surface area is 120 Å². The molecule has 0 fully saturated rings. The number of hydrogen-bond donors (Lipinski definition) is 2. The molecule has 0 unspecified atom stereocenters. The molecule has 106 valence electrons. The summed E-state index contributed by atoms with van der Waals surface area (Å²) in [4.78, 5) is 18.2. The average molecular weight is 301 g/mol. The number of H-pyrrole nitrogens is 1. The zero-order valence-corrected chi connectivity index (χ0v) is 11.6. The van der Waals surface area contributed by atoms with Gasteiger partial charge < -0.3 is 4.98 Å². The Bertz CT molecular complexity index is 959. The van der Waals surface area contributed by atoms with Crippen LogP contribution in [-0.2, 0) is 10.0 Å². The van der Waals surface area contributed by atoms with Crippen molar-refractivity contribution in [3.05, 3.63) is 65.2 Å². The molecular formula is C14H11N3O3S. The van der Waals surface area contributed by atoms with Crippen molar-refractivity contribution in [2.75, 3.05) is 4.72 Å². The number of aromatic amines is 1. The van der Waals surface area contributed by atoms with Gasteiger partial charge in [0.15, 0.2) is 0 Å². The molecule has 0 aliphatic heterocycles. The molecule has 2 aromatic heterocycles. The molecule has 2 N–H and O–H groups in total.